The van der Waals surface area contributed by atoms with Crippen LogP contribution in [0.2, 0.25) is 0 Å². The van der Waals surface area contributed by atoms with Gasteiger partial charge in [0.15, 0.2) is 9.66 Å². The minimum Gasteiger partial charge on any atom is -0.356 e. The molecule has 0 aliphatic carbocycles. The lowest BCUT2D eigenvalue weighted by Gasteiger charge is -2.08. The Bertz CT molecular complexity index is 843. The molecule has 5 heteroatoms. The van der Waals surface area contributed by atoms with E-state index in [1.54, 1.807) is 22.7 Å². The fraction of sp³-hybridized carbons (Fsp3) is 0. The standard InChI is InChI=1S/C16H9N3S2/c1-5-11-6-2-9(1)13-18-15-16(20-13)19-14(21-15)10-3-7-12(17-11)8-4-10/h1-8,17H. The van der Waals surface area contributed by atoms with Gasteiger partial charge in [-0.3, -0.25) is 0 Å². The number of nitrogens with zero attached hydrogens (tertiary/aromatic N) is 2. The summed E-state index contributed by atoms with van der Waals surface area (Å²) in [5.41, 5.74) is 4.45. The van der Waals surface area contributed by atoms with Gasteiger partial charge in [-0.25, -0.2) is 9.97 Å². The third kappa shape index (κ3) is 1.78. The molecule has 11 rings (SSSR count). The molecule has 7 aliphatic rings. The van der Waals surface area contributed by atoms with Gasteiger partial charge in [-0.15, -0.1) is 0 Å². The second kappa shape index (κ2) is 4.13. The van der Waals surface area contributed by atoms with Crippen molar-refractivity contribution in [3.63, 3.8) is 0 Å². The zero-order valence-corrected chi connectivity index (χ0v) is 12.5. The van der Waals surface area contributed by atoms with Crippen LogP contribution in [-0.4, -0.2) is 9.97 Å². The van der Waals surface area contributed by atoms with Crippen molar-refractivity contribution in [2.24, 2.45) is 0 Å². The van der Waals surface area contributed by atoms with Gasteiger partial charge in [0.1, 0.15) is 10.0 Å². The summed E-state index contributed by atoms with van der Waals surface area (Å²) in [6.07, 6.45) is 0. The first kappa shape index (κ1) is 11.4. The van der Waals surface area contributed by atoms with Gasteiger partial charge in [-0.2, -0.15) is 0 Å². The molecule has 0 amide bonds. The van der Waals surface area contributed by atoms with Gasteiger partial charge in [0.2, 0.25) is 0 Å². The fourth-order valence-corrected chi connectivity index (χ4v) is 4.50. The van der Waals surface area contributed by atoms with Crippen LogP contribution in [0.25, 0.3) is 30.8 Å². The van der Waals surface area contributed by atoms with E-state index in [4.69, 9.17) is 9.97 Å². The second-order valence-electron chi connectivity index (χ2n) is 4.93. The molecule has 0 saturated heterocycles. The van der Waals surface area contributed by atoms with E-state index in [1.165, 1.54) is 0 Å². The summed E-state index contributed by atoms with van der Waals surface area (Å²) in [6.45, 7) is 0. The molecule has 1 N–H and O–H groups in total. The molecule has 21 heavy (non-hydrogen) atoms. The molecule has 7 aliphatic heterocycles. The monoisotopic (exact) mass is 307 g/mol. The molecule has 0 saturated carbocycles. The number of hydrogen-bond acceptors (Lipinski definition) is 5. The maximum Gasteiger partial charge on any atom is 0.155 e. The predicted molar refractivity (Wildman–Crippen MR) is 89.4 cm³/mol. The van der Waals surface area contributed by atoms with Gasteiger partial charge in [0.25, 0.3) is 0 Å². The van der Waals surface area contributed by atoms with Gasteiger partial charge in [-0.05, 0) is 48.5 Å². The molecule has 9 heterocycles. The van der Waals surface area contributed by atoms with Crippen LogP contribution in [0.4, 0.5) is 11.4 Å². The highest BCUT2D eigenvalue weighted by molar-refractivity contribution is 7.29. The average Bonchev–Trinajstić information content (AvgIpc) is 3.07. The Balaban J connectivity index is 1.85. The quantitative estimate of drug-likeness (QED) is 0.430. The Morgan fingerprint density at radius 2 is 1.05 bits per heavy atom. The van der Waals surface area contributed by atoms with Gasteiger partial charge < -0.3 is 5.32 Å². The molecule has 0 spiro atoms. The van der Waals surface area contributed by atoms with E-state index in [-0.39, 0.29) is 0 Å². The van der Waals surface area contributed by atoms with Crippen LogP contribution in [0.1, 0.15) is 0 Å². The number of benzene rings is 2. The lowest BCUT2D eigenvalue weighted by Crippen LogP contribution is -1.90. The summed E-state index contributed by atoms with van der Waals surface area (Å²) in [4.78, 5) is 11.5. The van der Waals surface area contributed by atoms with Crippen molar-refractivity contribution in [1.82, 2.24) is 9.97 Å². The molecule has 0 unspecified atom stereocenters. The molecule has 2 aromatic heterocycles. The highest BCUT2D eigenvalue weighted by Crippen LogP contribution is 2.37. The minimum absolute atomic E-state index is 1.02. The Labute approximate surface area is 128 Å². The predicted octanol–water partition coefficient (Wildman–Crippen LogP) is 5.14. The Morgan fingerprint density at radius 3 is 1.48 bits per heavy atom. The summed E-state index contributed by atoms with van der Waals surface area (Å²) >= 11 is 3.31. The highest BCUT2D eigenvalue weighted by atomic mass is 32.1. The molecule has 100 valence electrons. The van der Waals surface area contributed by atoms with Crippen LogP contribution in [0, 0.1) is 0 Å². The number of thiazole rings is 2. The van der Waals surface area contributed by atoms with Gasteiger partial charge >= 0.3 is 0 Å². The zero-order valence-electron chi connectivity index (χ0n) is 10.8. The van der Waals surface area contributed by atoms with Crippen LogP contribution >= 0.6 is 22.7 Å². The normalized spacial score (nSPS) is 12.2. The van der Waals surface area contributed by atoms with Crippen molar-refractivity contribution < 1.29 is 0 Å². The topological polar surface area (TPSA) is 37.8 Å². The smallest absolute Gasteiger partial charge is 0.155 e. The first-order chi connectivity index (χ1) is 10.3. The van der Waals surface area contributed by atoms with E-state index >= 15 is 0 Å². The Hall–Kier alpha value is -2.24. The van der Waals surface area contributed by atoms with E-state index in [0.717, 1.165) is 42.2 Å². The third-order valence-electron chi connectivity index (χ3n) is 3.53. The number of rotatable bonds is 0. The van der Waals surface area contributed by atoms with Crippen molar-refractivity contribution in [1.29, 1.82) is 0 Å². The first-order valence-corrected chi connectivity index (χ1v) is 8.24. The van der Waals surface area contributed by atoms with E-state index in [0.29, 0.717) is 0 Å². The zero-order chi connectivity index (χ0) is 13.8. The van der Waals surface area contributed by atoms with E-state index in [9.17, 15) is 0 Å². The molecule has 8 bridgehead atoms. The maximum absolute atomic E-state index is 4.73. The average molecular weight is 307 g/mol. The maximum atomic E-state index is 4.73. The molecular weight excluding hydrogens is 298 g/mol. The summed E-state index contributed by atoms with van der Waals surface area (Å²) in [5, 5.41) is 5.48. The Kier molecular flexibility index (Phi) is 2.25. The van der Waals surface area contributed by atoms with Crippen molar-refractivity contribution in [3.05, 3.63) is 48.5 Å². The van der Waals surface area contributed by atoms with Crippen LogP contribution in [0.3, 0.4) is 0 Å². The Morgan fingerprint density at radius 1 is 0.619 bits per heavy atom. The van der Waals surface area contributed by atoms with Crippen molar-refractivity contribution in [3.8, 4) is 21.1 Å². The van der Waals surface area contributed by atoms with Gasteiger partial charge in [-0.1, -0.05) is 22.7 Å². The number of anilines is 2. The second-order valence-corrected chi connectivity index (χ2v) is 6.88. The van der Waals surface area contributed by atoms with Crippen molar-refractivity contribution >= 4 is 43.7 Å². The largest absolute Gasteiger partial charge is 0.356 e. The van der Waals surface area contributed by atoms with E-state index in [1.807, 2.05) is 0 Å². The molecule has 3 nitrogen and oxygen atoms in total. The summed E-state index contributed by atoms with van der Waals surface area (Å²) in [6, 6.07) is 16.8. The van der Waals surface area contributed by atoms with Crippen molar-refractivity contribution in [2.45, 2.75) is 0 Å². The SMILES string of the molecule is c1cc2ccc1Nc1ccc(cc1)-c1nc3sc-2nc3s1. The summed E-state index contributed by atoms with van der Waals surface area (Å²) in [5.74, 6) is 0. The van der Waals surface area contributed by atoms with E-state index in [2.05, 4.69) is 53.8 Å². The summed E-state index contributed by atoms with van der Waals surface area (Å²) < 4.78 is 0. The summed E-state index contributed by atoms with van der Waals surface area (Å²) in [7, 11) is 0. The van der Waals surface area contributed by atoms with Crippen LogP contribution in [-0.2, 0) is 0 Å². The number of aromatic nitrogens is 2. The van der Waals surface area contributed by atoms with Crippen molar-refractivity contribution in [2.75, 3.05) is 5.32 Å². The lowest BCUT2D eigenvalue weighted by molar-refractivity contribution is 1.49. The molecule has 4 aromatic rings. The third-order valence-corrected chi connectivity index (χ3v) is 5.65. The van der Waals surface area contributed by atoms with Gasteiger partial charge in [0.05, 0.1) is 0 Å². The highest BCUT2D eigenvalue weighted by Gasteiger charge is 2.13. The molecule has 0 fully saturated rings. The molecule has 0 atom stereocenters. The van der Waals surface area contributed by atoms with Crippen LogP contribution < -0.4 is 5.32 Å². The molecule has 2 aromatic carbocycles. The number of nitrogens with one attached hydrogen (secondary N) is 1. The molecular formula is C16H9N3S2. The minimum atomic E-state index is 1.02. The first-order valence-electron chi connectivity index (χ1n) is 6.60. The van der Waals surface area contributed by atoms with Crippen LogP contribution in [0.5, 0.6) is 0 Å². The molecule has 0 radical (unpaired) electrons. The lowest BCUT2D eigenvalue weighted by atomic mass is 10.2. The number of hydrogen-bond donors (Lipinski definition) is 1. The fourth-order valence-electron chi connectivity index (χ4n) is 2.45. The van der Waals surface area contributed by atoms with Crippen LogP contribution in [0.15, 0.2) is 48.5 Å². The van der Waals surface area contributed by atoms with E-state index < -0.39 is 0 Å². The van der Waals surface area contributed by atoms with Gasteiger partial charge in [0, 0.05) is 22.5 Å².